The van der Waals surface area contributed by atoms with Crippen molar-refractivity contribution in [2.75, 3.05) is 0 Å². The van der Waals surface area contributed by atoms with E-state index in [4.69, 9.17) is 23.2 Å². The summed E-state index contributed by atoms with van der Waals surface area (Å²) in [5.74, 6) is -4.13. The second-order valence-corrected chi connectivity index (χ2v) is 5.76. The summed E-state index contributed by atoms with van der Waals surface area (Å²) in [5, 5.41) is 8.92. The molecule has 2 unspecified atom stereocenters. The lowest BCUT2D eigenvalue weighted by Gasteiger charge is -2.27. The summed E-state index contributed by atoms with van der Waals surface area (Å²) in [6.07, 6.45) is -5.38. The van der Waals surface area contributed by atoms with Crippen molar-refractivity contribution in [2.45, 2.75) is 37.0 Å². The van der Waals surface area contributed by atoms with E-state index in [1.54, 1.807) is 0 Å². The maximum absolute atomic E-state index is 13.0. The van der Waals surface area contributed by atoms with E-state index in [9.17, 15) is 27.1 Å². The lowest BCUT2D eigenvalue weighted by Crippen LogP contribution is -2.39. The van der Waals surface area contributed by atoms with Crippen molar-refractivity contribution in [3.8, 4) is 0 Å². The molecule has 0 heterocycles. The minimum Gasteiger partial charge on any atom is -0.376 e. The summed E-state index contributed by atoms with van der Waals surface area (Å²) >= 11 is 11.5. The van der Waals surface area contributed by atoms with Crippen molar-refractivity contribution in [1.82, 2.24) is 0 Å². The molecule has 8 heteroatoms. The minimum atomic E-state index is -4.94. The number of benzene rings is 1. The molecule has 2 atom stereocenters. The first-order valence-electron chi connectivity index (χ1n) is 5.54. The molecule has 0 aliphatic heterocycles. The van der Waals surface area contributed by atoms with E-state index in [1.807, 2.05) is 0 Å². The van der Waals surface area contributed by atoms with Crippen molar-refractivity contribution < 1.29 is 27.1 Å². The van der Waals surface area contributed by atoms with E-state index in [0.29, 0.717) is 6.92 Å². The van der Waals surface area contributed by atoms with E-state index in [2.05, 4.69) is 0 Å². The van der Waals surface area contributed by atoms with Crippen LogP contribution in [0, 0.1) is 0 Å². The topological polar surface area (TPSA) is 20.2 Å². The Kier molecular flexibility index (Phi) is 3.51. The third-order valence-corrected chi connectivity index (χ3v) is 3.99. The van der Waals surface area contributed by atoms with Crippen LogP contribution in [0.15, 0.2) is 12.1 Å². The molecule has 0 bridgehead atoms. The highest BCUT2D eigenvalue weighted by Crippen LogP contribution is 2.59. The summed E-state index contributed by atoms with van der Waals surface area (Å²) < 4.78 is 64.2. The molecular formula is C12H9Cl2F5O. The first-order chi connectivity index (χ1) is 8.88. The maximum Gasteiger partial charge on any atom is 0.421 e. The van der Waals surface area contributed by atoms with Gasteiger partial charge in [0, 0.05) is 16.5 Å². The fraction of sp³-hybridized carbons (Fsp3) is 0.500. The van der Waals surface area contributed by atoms with Gasteiger partial charge < -0.3 is 5.11 Å². The van der Waals surface area contributed by atoms with Crippen LogP contribution in [0.4, 0.5) is 22.0 Å². The largest absolute Gasteiger partial charge is 0.421 e. The van der Waals surface area contributed by atoms with Crippen LogP contribution in [-0.2, 0) is 5.60 Å². The molecule has 1 N–H and O–H groups in total. The van der Waals surface area contributed by atoms with Gasteiger partial charge in [-0.1, -0.05) is 23.2 Å². The molecule has 1 saturated carbocycles. The standard InChI is InChI=1S/C12H9Cl2F5O/c1-10(20,12(17,18)19)5-2-7(13)9(8(14)3-5)6-4-11(6,15)16/h2-3,6,20H,4H2,1H3. The van der Waals surface area contributed by atoms with Gasteiger partial charge in [-0.3, -0.25) is 0 Å². The molecular weight excluding hydrogens is 326 g/mol. The zero-order valence-corrected chi connectivity index (χ0v) is 11.5. The van der Waals surface area contributed by atoms with E-state index < -0.39 is 35.6 Å². The van der Waals surface area contributed by atoms with Crippen molar-refractivity contribution in [3.05, 3.63) is 33.3 Å². The van der Waals surface area contributed by atoms with E-state index in [-0.39, 0.29) is 15.6 Å². The Hall–Kier alpha value is -0.590. The molecule has 0 amide bonds. The fourth-order valence-corrected chi connectivity index (χ4v) is 2.64. The van der Waals surface area contributed by atoms with Crippen LogP contribution in [0.3, 0.4) is 0 Å². The average molecular weight is 335 g/mol. The Morgan fingerprint density at radius 3 is 1.90 bits per heavy atom. The van der Waals surface area contributed by atoms with Gasteiger partial charge in [0.05, 0.1) is 5.92 Å². The second-order valence-electron chi connectivity index (χ2n) is 4.94. The normalized spacial score (nSPS) is 24.4. The minimum absolute atomic E-state index is 0.0833. The van der Waals surface area contributed by atoms with Crippen molar-refractivity contribution in [1.29, 1.82) is 0 Å². The van der Waals surface area contributed by atoms with Crippen LogP contribution in [-0.4, -0.2) is 17.2 Å². The lowest BCUT2D eigenvalue weighted by atomic mass is 9.93. The molecule has 20 heavy (non-hydrogen) atoms. The van der Waals surface area contributed by atoms with Gasteiger partial charge in [-0.25, -0.2) is 8.78 Å². The Bertz CT molecular complexity index is 530. The number of aliphatic hydroxyl groups is 1. The molecule has 1 nitrogen and oxygen atoms in total. The molecule has 2 rings (SSSR count). The van der Waals surface area contributed by atoms with Gasteiger partial charge in [0.2, 0.25) is 0 Å². The van der Waals surface area contributed by atoms with Gasteiger partial charge in [-0.05, 0) is 30.2 Å². The Morgan fingerprint density at radius 2 is 1.60 bits per heavy atom. The molecule has 0 saturated heterocycles. The van der Waals surface area contributed by atoms with Gasteiger partial charge in [-0.2, -0.15) is 13.2 Å². The molecule has 1 aromatic carbocycles. The first kappa shape index (κ1) is 15.8. The van der Waals surface area contributed by atoms with Gasteiger partial charge >= 0.3 is 6.18 Å². The van der Waals surface area contributed by atoms with Crippen molar-refractivity contribution in [2.24, 2.45) is 0 Å². The van der Waals surface area contributed by atoms with Gasteiger partial charge in [0.15, 0.2) is 5.60 Å². The summed E-state index contributed by atoms with van der Waals surface area (Å²) in [6, 6.07) is 1.65. The number of rotatable bonds is 2. The van der Waals surface area contributed by atoms with E-state index in [1.165, 1.54) is 0 Å². The molecule has 1 aliphatic carbocycles. The van der Waals surface area contributed by atoms with Crippen LogP contribution >= 0.6 is 23.2 Å². The summed E-state index contributed by atoms with van der Waals surface area (Å²) in [5.41, 5.74) is -3.84. The maximum atomic E-state index is 13.0. The SMILES string of the molecule is CC(O)(c1cc(Cl)c(C2CC2(F)F)c(Cl)c1)C(F)(F)F. The summed E-state index contributed by atoms with van der Waals surface area (Å²) in [4.78, 5) is 0. The highest BCUT2D eigenvalue weighted by molar-refractivity contribution is 6.36. The number of halogens is 7. The van der Waals surface area contributed by atoms with Gasteiger partial charge in [0.1, 0.15) is 0 Å². The molecule has 0 aromatic heterocycles. The first-order valence-corrected chi connectivity index (χ1v) is 6.30. The van der Waals surface area contributed by atoms with Crippen LogP contribution in [0.25, 0.3) is 0 Å². The highest BCUT2D eigenvalue weighted by Gasteiger charge is 2.59. The average Bonchev–Trinajstić information content (AvgIpc) is 2.84. The predicted molar refractivity (Wildman–Crippen MR) is 64.4 cm³/mol. The Morgan fingerprint density at radius 1 is 1.20 bits per heavy atom. The summed E-state index contributed by atoms with van der Waals surface area (Å²) in [6.45, 7) is 0.542. The van der Waals surface area contributed by atoms with Crippen molar-refractivity contribution >= 4 is 23.2 Å². The Balaban J connectivity index is 2.47. The summed E-state index contributed by atoms with van der Waals surface area (Å²) in [7, 11) is 0. The molecule has 112 valence electrons. The van der Waals surface area contributed by atoms with Crippen LogP contribution in [0.5, 0.6) is 0 Å². The number of hydrogen-bond donors (Lipinski definition) is 1. The predicted octanol–water partition coefficient (Wildman–Crippen LogP) is 4.89. The Labute approximate surface area is 121 Å². The van der Waals surface area contributed by atoms with Crippen LogP contribution < -0.4 is 0 Å². The molecule has 0 spiro atoms. The molecule has 1 aromatic rings. The third-order valence-electron chi connectivity index (χ3n) is 3.37. The van der Waals surface area contributed by atoms with E-state index >= 15 is 0 Å². The highest BCUT2D eigenvalue weighted by atomic mass is 35.5. The second kappa shape index (κ2) is 4.45. The number of alkyl halides is 5. The van der Waals surface area contributed by atoms with Crippen molar-refractivity contribution in [3.63, 3.8) is 0 Å². The molecule has 1 fully saturated rings. The van der Waals surface area contributed by atoms with Crippen LogP contribution in [0.1, 0.15) is 30.4 Å². The third kappa shape index (κ3) is 2.49. The van der Waals surface area contributed by atoms with Gasteiger partial charge in [0.25, 0.3) is 5.92 Å². The lowest BCUT2D eigenvalue weighted by molar-refractivity contribution is -0.258. The monoisotopic (exact) mass is 334 g/mol. The van der Waals surface area contributed by atoms with Crippen LogP contribution in [0.2, 0.25) is 10.0 Å². The zero-order chi connectivity index (χ0) is 15.5. The van der Waals surface area contributed by atoms with E-state index in [0.717, 1.165) is 12.1 Å². The smallest absolute Gasteiger partial charge is 0.376 e. The number of hydrogen-bond acceptors (Lipinski definition) is 1. The van der Waals surface area contributed by atoms with Gasteiger partial charge in [-0.15, -0.1) is 0 Å². The fourth-order valence-electron chi connectivity index (χ4n) is 1.89. The molecule has 1 aliphatic rings. The quantitative estimate of drug-likeness (QED) is 0.764. The molecule has 0 radical (unpaired) electrons. The zero-order valence-electron chi connectivity index (χ0n) is 10.0.